The molecule has 0 spiro atoms. The first-order valence-corrected chi connectivity index (χ1v) is 5.54. The van der Waals surface area contributed by atoms with Crippen LogP contribution < -0.4 is 5.73 Å². The van der Waals surface area contributed by atoms with Gasteiger partial charge in [-0.3, -0.25) is 4.21 Å². The van der Waals surface area contributed by atoms with E-state index in [0.717, 1.165) is 5.56 Å². The third-order valence-electron chi connectivity index (χ3n) is 1.43. The van der Waals surface area contributed by atoms with E-state index in [2.05, 4.69) is 0 Å². The molecule has 0 radical (unpaired) electrons. The number of hydrogen-bond donors (Lipinski definition) is 1. The summed E-state index contributed by atoms with van der Waals surface area (Å²) in [6.45, 7) is 0. The van der Waals surface area contributed by atoms with Crippen molar-refractivity contribution in [3.05, 3.63) is 28.8 Å². The molecule has 0 aliphatic carbocycles. The minimum Gasteiger partial charge on any atom is -0.398 e. The molecule has 0 heterocycles. The number of rotatable bonds is 2. The fourth-order valence-electron chi connectivity index (χ4n) is 0.918. The van der Waals surface area contributed by atoms with Gasteiger partial charge in [0.05, 0.1) is 10.7 Å². The summed E-state index contributed by atoms with van der Waals surface area (Å²) in [7, 11) is -0.830. The van der Waals surface area contributed by atoms with E-state index in [-0.39, 0.29) is 0 Å². The van der Waals surface area contributed by atoms with E-state index in [9.17, 15) is 4.21 Å². The van der Waals surface area contributed by atoms with Gasteiger partial charge < -0.3 is 5.73 Å². The van der Waals surface area contributed by atoms with Crippen molar-refractivity contribution in [2.45, 2.75) is 5.75 Å². The van der Waals surface area contributed by atoms with Gasteiger partial charge in [0.25, 0.3) is 0 Å². The quantitative estimate of drug-likeness (QED) is 0.745. The number of halogens is 1. The molecular weight excluding hydrogens is 194 g/mol. The summed E-state index contributed by atoms with van der Waals surface area (Å²) in [5.41, 5.74) is 7.06. The van der Waals surface area contributed by atoms with Gasteiger partial charge in [0.1, 0.15) is 0 Å². The maximum Gasteiger partial charge on any atom is 0.0635 e. The van der Waals surface area contributed by atoms with Crippen LogP contribution in [0.3, 0.4) is 0 Å². The molecule has 0 aliphatic heterocycles. The molecule has 1 aromatic rings. The molecule has 0 aromatic heterocycles. The van der Waals surface area contributed by atoms with Gasteiger partial charge in [-0.1, -0.05) is 17.7 Å². The van der Waals surface area contributed by atoms with Crippen LogP contribution in [-0.2, 0) is 16.6 Å². The number of nitrogens with two attached hydrogens (primary N) is 1. The van der Waals surface area contributed by atoms with Gasteiger partial charge in [0.2, 0.25) is 0 Å². The van der Waals surface area contributed by atoms with Crippen molar-refractivity contribution >= 4 is 28.1 Å². The molecule has 0 saturated carbocycles. The summed E-state index contributed by atoms with van der Waals surface area (Å²) in [6.07, 6.45) is 1.66. The van der Waals surface area contributed by atoms with Gasteiger partial charge in [-0.15, -0.1) is 0 Å². The molecule has 0 amide bonds. The summed E-state index contributed by atoms with van der Waals surface area (Å²) in [6, 6.07) is 5.31. The largest absolute Gasteiger partial charge is 0.398 e. The van der Waals surface area contributed by atoms with Crippen LogP contribution in [0.1, 0.15) is 5.56 Å². The Morgan fingerprint density at radius 3 is 2.75 bits per heavy atom. The monoisotopic (exact) mass is 203 g/mol. The van der Waals surface area contributed by atoms with Crippen LogP contribution in [-0.4, -0.2) is 10.5 Å². The Kier molecular flexibility index (Phi) is 3.12. The van der Waals surface area contributed by atoms with E-state index in [1.54, 1.807) is 18.4 Å². The SMILES string of the molecule is C[S@@](=O)Cc1ccc(Cl)c(N)c1. The number of hydrogen-bond acceptors (Lipinski definition) is 2. The highest BCUT2D eigenvalue weighted by atomic mass is 35.5. The highest BCUT2D eigenvalue weighted by molar-refractivity contribution is 7.83. The average molecular weight is 204 g/mol. The minimum absolute atomic E-state index is 0.529. The molecule has 0 bridgehead atoms. The lowest BCUT2D eigenvalue weighted by atomic mass is 10.2. The molecule has 1 aromatic carbocycles. The van der Waals surface area contributed by atoms with Crippen LogP contribution in [0.25, 0.3) is 0 Å². The fourth-order valence-corrected chi connectivity index (χ4v) is 1.68. The smallest absolute Gasteiger partial charge is 0.0635 e. The highest BCUT2D eigenvalue weighted by Gasteiger charge is 1.99. The van der Waals surface area contributed by atoms with Crippen LogP contribution in [0.4, 0.5) is 5.69 Å². The van der Waals surface area contributed by atoms with Crippen LogP contribution in [0, 0.1) is 0 Å². The third-order valence-corrected chi connectivity index (χ3v) is 2.51. The molecule has 0 fully saturated rings. The molecule has 1 rings (SSSR count). The van der Waals surface area contributed by atoms with Crippen LogP contribution in [0.5, 0.6) is 0 Å². The van der Waals surface area contributed by atoms with Gasteiger partial charge in [-0.25, -0.2) is 0 Å². The standard InChI is InChI=1S/C8H10ClNOS/c1-12(11)5-6-2-3-7(9)8(10)4-6/h2-4H,5,10H2,1H3/t12-/m1/s1. The van der Waals surface area contributed by atoms with Crippen LogP contribution >= 0.6 is 11.6 Å². The van der Waals surface area contributed by atoms with Gasteiger partial charge in [-0.2, -0.15) is 0 Å². The molecule has 0 aliphatic rings. The van der Waals surface area contributed by atoms with Crippen LogP contribution in [0.2, 0.25) is 5.02 Å². The first-order valence-electron chi connectivity index (χ1n) is 3.43. The zero-order valence-electron chi connectivity index (χ0n) is 6.71. The van der Waals surface area contributed by atoms with E-state index in [1.165, 1.54) is 0 Å². The van der Waals surface area contributed by atoms with Gasteiger partial charge >= 0.3 is 0 Å². The molecule has 66 valence electrons. The molecule has 12 heavy (non-hydrogen) atoms. The Labute approximate surface area is 79.2 Å². The lowest BCUT2D eigenvalue weighted by Crippen LogP contribution is -1.94. The third kappa shape index (κ3) is 2.50. The van der Waals surface area contributed by atoms with Crippen molar-refractivity contribution < 1.29 is 4.21 Å². The van der Waals surface area contributed by atoms with Crippen molar-refractivity contribution in [3.8, 4) is 0 Å². The second-order valence-electron chi connectivity index (χ2n) is 2.57. The van der Waals surface area contributed by atoms with Gasteiger partial charge in [0.15, 0.2) is 0 Å². The normalized spacial score (nSPS) is 12.8. The predicted octanol–water partition coefficient (Wildman–Crippen LogP) is 1.80. The van der Waals surface area contributed by atoms with Crippen molar-refractivity contribution in [2.24, 2.45) is 0 Å². The zero-order valence-corrected chi connectivity index (χ0v) is 8.28. The Morgan fingerprint density at radius 2 is 2.25 bits per heavy atom. The molecule has 2 nitrogen and oxygen atoms in total. The fraction of sp³-hybridized carbons (Fsp3) is 0.250. The molecule has 1 atom stereocenters. The Balaban J connectivity index is 2.89. The summed E-state index contributed by atoms with van der Waals surface area (Å²) in [5, 5.41) is 0.542. The van der Waals surface area contributed by atoms with E-state index in [0.29, 0.717) is 16.5 Å². The highest BCUT2D eigenvalue weighted by Crippen LogP contribution is 2.19. The first kappa shape index (κ1) is 9.55. The first-order chi connectivity index (χ1) is 5.59. The Hall–Kier alpha value is -0.540. The Bertz CT molecular complexity index is 314. The molecular formula is C8H10ClNOS. The van der Waals surface area contributed by atoms with E-state index in [4.69, 9.17) is 17.3 Å². The number of nitrogen functional groups attached to an aromatic ring is 1. The van der Waals surface area contributed by atoms with E-state index >= 15 is 0 Å². The summed E-state index contributed by atoms with van der Waals surface area (Å²) in [5.74, 6) is 0.529. The number of anilines is 1. The molecule has 4 heteroatoms. The van der Waals surface area contributed by atoms with Crippen molar-refractivity contribution in [3.63, 3.8) is 0 Å². The molecule has 2 N–H and O–H groups in total. The van der Waals surface area contributed by atoms with Crippen molar-refractivity contribution in [1.29, 1.82) is 0 Å². The van der Waals surface area contributed by atoms with Gasteiger partial charge in [0, 0.05) is 22.8 Å². The van der Waals surface area contributed by atoms with Crippen LogP contribution in [0.15, 0.2) is 18.2 Å². The predicted molar refractivity (Wildman–Crippen MR) is 53.6 cm³/mol. The number of benzene rings is 1. The lowest BCUT2D eigenvalue weighted by molar-refractivity contribution is 0.686. The Morgan fingerprint density at radius 1 is 1.58 bits per heavy atom. The maximum atomic E-state index is 10.8. The van der Waals surface area contributed by atoms with Crippen molar-refractivity contribution in [1.82, 2.24) is 0 Å². The van der Waals surface area contributed by atoms with E-state index < -0.39 is 10.8 Å². The second kappa shape index (κ2) is 3.92. The van der Waals surface area contributed by atoms with Crippen molar-refractivity contribution in [2.75, 3.05) is 12.0 Å². The molecule has 0 saturated heterocycles. The lowest BCUT2D eigenvalue weighted by Gasteiger charge is -2.01. The zero-order chi connectivity index (χ0) is 9.14. The maximum absolute atomic E-state index is 10.8. The minimum atomic E-state index is -0.830. The van der Waals surface area contributed by atoms with Gasteiger partial charge in [-0.05, 0) is 17.7 Å². The molecule has 0 unspecified atom stereocenters. The summed E-state index contributed by atoms with van der Waals surface area (Å²) >= 11 is 5.72. The average Bonchev–Trinajstić information content (AvgIpc) is 1.96. The summed E-state index contributed by atoms with van der Waals surface area (Å²) < 4.78 is 10.8. The summed E-state index contributed by atoms with van der Waals surface area (Å²) in [4.78, 5) is 0. The second-order valence-corrected chi connectivity index (χ2v) is 4.42. The van der Waals surface area contributed by atoms with E-state index in [1.807, 2.05) is 6.07 Å². The topological polar surface area (TPSA) is 43.1 Å².